The lowest BCUT2D eigenvalue weighted by Crippen LogP contribution is -2.37. The van der Waals surface area contributed by atoms with E-state index in [1.807, 2.05) is 12.2 Å². The lowest BCUT2D eigenvalue weighted by molar-refractivity contribution is -0.133. The number of hydrogen-bond donors (Lipinski definition) is 1. The molecule has 0 bridgehead atoms. The van der Waals surface area contributed by atoms with Crippen molar-refractivity contribution in [3.05, 3.63) is 41.7 Å². The third-order valence-corrected chi connectivity index (χ3v) is 3.48. The molecule has 2 aliphatic heterocycles. The van der Waals surface area contributed by atoms with Crippen molar-refractivity contribution in [3.8, 4) is 0 Å². The van der Waals surface area contributed by atoms with Crippen molar-refractivity contribution >= 4 is 17.5 Å². The molecule has 1 aromatic carbocycles. The van der Waals surface area contributed by atoms with Crippen molar-refractivity contribution in [2.45, 2.75) is 12.3 Å². The van der Waals surface area contributed by atoms with E-state index < -0.39 is 11.7 Å². The van der Waals surface area contributed by atoms with E-state index in [-0.39, 0.29) is 18.2 Å². The number of nitrogens with one attached hydrogen (secondary N) is 1. The average molecular weight is 260 g/mol. The molecule has 1 N–H and O–H groups in total. The highest BCUT2D eigenvalue weighted by molar-refractivity contribution is 6.01. The molecule has 0 spiro atoms. The van der Waals surface area contributed by atoms with Gasteiger partial charge in [0.15, 0.2) is 0 Å². The SMILES string of the molecule is O=C1CC(C(=O)N2CC=CC2)c2cc(F)ccc2N1. The van der Waals surface area contributed by atoms with Gasteiger partial charge in [0.1, 0.15) is 5.82 Å². The van der Waals surface area contributed by atoms with Crippen LogP contribution in [0.2, 0.25) is 0 Å². The van der Waals surface area contributed by atoms with Crippen molar-refractivity contribution in [2.24, 2.45) is 0 Å². The van der Waals surface area contributed by atoms with E-state index in [1.54, 1.807) is 4.90 Å². The highest BCUT2D eigenvalue weighted by atomic mass is 19.1. The second-order valence-corrected chi connectivity index (χ2v) is 4.75. The number of halogens is 1. The predicted molar refractivity (Wildman–Crippen MR) is 68.1 cm³/mol. The zero-order valence-electron chi connectivity index (χ0n) is 10.2. The summed E-state index contributed by atoms with van der Waals surface area (Å²) in [6, 6.07) is 4.12. The molecular formula is C14H13FN2O2. The Morgan fingerprint density at radius 1 is 1.32 bits per heavy atom. The Morgan fingerprint density at radius 2 is 2.05 bits per heavy atom. The van der Waals surface area contributed by atoms with Crippen LogP contribution in [0.25, 0.3) is 0 Å². The largest absolute Gasteiger partial charge is 0.335 e. The molecule has 4 nitrogen and oxygen atoms in total. The molecular weight excluding hydrogens is 247 g/mol. The van der Waals surface area contributed by atoms with Crippen LogP contribution in [0.15, 0.2) is 30.4 Å². The smallest absolute Gasteiger partial charge is 0.231 e. The van der Waals surface area contributed by atoms with Gasteiger partial charge >= 0.3 is 0 Å². The zero-order chi connectivity index (χ0) is 13.4. The van der Waals surface area contributed by atoms with E-state index in [0.29, 0.717) is 24.3 Å². The second-order valence-electron chi connectivity index (χ2n) is 4.75. The van der Waals surface area contributed by atoms with Crippen molar-refractivity contribution in [3.63, 3.8) is 0 Å². The number of amides is 2. The summed E-state index contributed by atoms with van der Waals surface area (Å²) in [6.07, 6.45) is 3.90. The maximum Gasteiger partial charge on any atom is 0.231 e. The van der Waals surface area contributed by atoms with Crippen LogP contribution < -0.4 is 5.32 Å². The monoisotopic (exact) mass is 260 g/mol. The zero-order valence-corrected chi connectivity index (χ0v) is 10.2. The van der Waals surface area contributed by atoms with Crippen LogP contribution in [-0.2, 0) is 9.59 Å². The van der Waals surface area contributed by atoms with E-state index in [4.69, 9.17) is 0 Å². The minimum Gasteiger partial charge on any atom is -0.335 e. The van der Waals surface area contributed by atoms with Crippen molar-refractivity contribution < 1.29 is 14.0 Å². The summed E-state index contributed by atoms with van der Waals surface area (Å²) < 4.78 is 13.4. The third kappa shape index (κ3) is 2.12. The minimum atomic E-state index is -0.584. The van der Waals surface area contributed by atoms with Gasteiger partial charge in [0.05, 0.1) is 5.92 Å². The summed E-state index contributed by atoms with van der Waals surface area (Å²) in [7, 11) is 0. The first-order valence-corrected chi connectivity index (χ1v) is 6.18. The van der Waals surface area contributed by atoms with Crippen LogP contribution in [0.3, 0.4) is 0 Å². The number of rotatable bonds is 1. The molecule has 1 aromatic rings. The number of anilines is 1. The van der Waals surface area contributed by atoms with Gasteiger partial charge in [-0.25, -0.2) is 4.39 Å². The fraction of sp³-hybridized carbons (Fsp3) is 0.286. The standard InChI is InChI=1S/C14H13FN2O2/c15-9-3-4-12-10(7-9)11(8-13(18)16-12)14(19)17-5-1-2-6-17/h1-4,7,11H,5-6,8H2,(H,16,18). The van der Waals surface area contributed by atoms with E-state index in [9.17, 15) is 14.0 Å². The molecule has 0 radical (unpaired) electrons. The quantitative estimate of drug-likeness (QED) is 0.780. The summed E-state index contributed by atoms with van der Waals surface area (Å²) in [4.78, 5) is 25.7. The summed E-state index contributed by atoms with van der Waals surface area (Å²) >= 11 is 0. The summed E-state index contributed by atoms with van der Waals surface area (Å²) in [5.41, 5.74) is 1.10. The van der Waals surface area contributed by atoms with Gasteiger partial charge in [-0.3, -0.25) is 9.59 Å². The molecule has 0 fully saturated rings. The number of hydrogen-bond acceptors (Lipinski definition) is 2. The van der Waals surface area contributed by atoms with Crippen LogP contribution in [-0.4, -0.2) is 29.8 Å². The molecule has 0 saturated heterocycles. The van der Waals surface area contributed by atoms with Crippen LogP contribution >= 0.6 is 0 Å². The van der Waals surface area contributed by atoms with Crippen molar-refractivity contribution in [2.75, 3.05) is 18.4 Å². The van der Waals surface area contributed by atoms with Crippen LogP contribution in [0.5, 0.6) is 0 Å². The van der Waals surface area contributed by atoms with Gasteiger partial charge in [-0.05, 0) is 23.8 Å². The highest BCUT2D eigenvalue weighted by Gasteiger charge is 2.33. The number of carbonyl (C=O) groups is 2. The summed E-state index contributed by atoms with van der Waals surface area (Å²) in [5, 5.41) is 2.67. The maximum atomic E-state index is 13.4. The normalized spacial score (nSPS) is 21.2. The number of nitrogens with zero attached hydrogens (tertiary/aromatic N) is 1. The highest BCUT2D eigenvalue weighted by Crippen LogP contribution is 2.34. The van der Waals surface area contributed by atoms with Crippen molar-refractivity contribution in [1.82, 2.24) is 4.90 Å². The van der Waals surface area contributed by atoms with Gasteiger partial charge in [-0.15, -0.1) is 0 Å². The Bertz CT molecular complexity index is 575. The fourth-order valence-corrected chi connectivity index (χ4v) is 2.53. The third-order valence-electron chi connectivity index (χ3n) is 3.48. The lowest BCUT2D eigenvalue weighted by Gasteiger charge is -2.28. The summed E-state index contributed by atoms with van der Waals surface area (Å²) in [5.74, 6) is -1.30. The number of fused-ring (bicyclic) bond motifs is 1. The molecule has 2 aliphatic rings. The first-order valence-electron chi connectivity index (χ1n) is 6.18. The molecule has 3 rings (SSSR count). The van der Waals surface area contributed by atoms with Crippen LogP contribution in [0.1, 0.15) is 17.9 Å². The van der Waals surface area contributed by atoms with E-state index in [0.717, 1.165) is 0 Å². The average Bonchev–Trinajstić information content (AvgIpc) is 2.91. The molecule has 1 atom stereocenters. The summed E-state index contributed by atoms with van der Waals surface area (Å²) in [6.45, 7) is 1.11. The van der Waals surface area contributed by atoms with Gasteiger partial charge in [0.25, 0.3) is 0 Å². The molecule has 0 aromatic heterocycles. The number of benzene rings is 1. The first kappa shape index (κ1) is 11.9. The first-order chi connectivity index (χ1) is 9.15. The topological polar surface area (TPSA) is 49.4 Å². The Balaban J connectivity index is 1.95. The van der Waals surface area contributed by atoms with E-state index in [1.165, 1.54) is 18.2 Å². The molecule has 98 valence electrons. The van der Waals surface area contributed by atoms with Gasteiger partial charge in [0.2, 0.25) is 11.8 Å². The fourth-order valence-electron chi connectivity index (χ4n) is 2.53. The van der Waals surface area contributed by atoms with E-state index in [2.05, 4.69) is 5.32 Å². The van der Waals surface area contributed by atoms with E-state index >= 15 is 0 Å². The molecule has 19 heavy (non-hydrogen) atoms. The molecule has 5 heteroatoms. The van der Waals surface area contributed by atoms with Gasteiger partial charge in [0, 0.05) is 25.2 Å². The Labute approximate surface area is 109 Å². The predicted octanol–water partition coefficient (Wildman–Crippen LogP) is 1.65. The molecule has 2 amide bonds. The lowest BCUT2D eigenvalue weighted by atomic mass is 9.89. The number of carbonyl (C=O) groups excluding carboxylic acids is 2. The molecule has 0 saturated carbocycles. The Kier molecular flexibility index (Phi) is 2.81. The van der Waals surface area contributed by atoms with Crippen LogP contribution in [0.4, 0.5) is 10.1 Å². The van der Waals surface area contributed by atoms with Gasteiger partial charge in [-0.2, -0.15) is 0 Å². The second kappa shape index (κ2) is 4.50. The molecule has 0 aliphatic carbocycles. The Morgan fingerprint density at radius 3 is 2.79 bits per heavy atom. The van der Waals surface area contributed by atoms with Crippen molar-refractivity contribution in [1.29, 1.82) is 0 Å². The minimum absolute atomic E-state index is 0.0752. The molecule has 1 unspecified atom stereocenters. The molecule has 2 heterocycles. The van der Waals surface area contributed by atoms with Gasteiger partial charge < -0.3 is 10.2 Å². The Hall–Kier alpha value is -2.17. The maximum absolute atomic E-state index is 13.4. The van der Waals surface area contributed by atoms with Crippen LogP contribution in [0, 0.1) is 5.82 Å². The van der Waals surface area contributed by atoms with Gasteiger partial charge in [-0.1, -0.05) is 12.2 Å².